The van der Waals surface area contributed by atoms with Crippen molar-refractivity contribution in [3.05, 3.63) is 59.9 Å². The molecule has 0 spiro atoms. The van der Waals surface area contributed by atoms with Crippen molar-refractivity contribution in [2.75, 3.05) is 33.8 Å². The van der Waals surface area contributed by atoms with Crippen LogP contribution < -0.4 is 25.4 Å². The highest BCUT2D eigenvalue weighted by atomic mass is 127. The third-order valence-corrected chi connectivity index (χ3v) is 4.15. The molecule has 2 rings (SSSR count). The first-order valence-corrected chi connectivity index (χ1v) is 9.76. The molecule has 2 aromatic rings. The summed E-state index contributed by atoms with van der Waals surface area (Å²) >= 11 is 0. The van der Waals surface area contributed by atoms with Crippen LogP contribution in [0.3, 0.4) is 0 Å². The third-order valence-electron chi connectivity index (χ3n) is 4.15. The van der Waals surface area contributed by atoms with E-state index in [1.807, 2.05) is 31.2 Å². The monoisotopic (exact) mass is 544 g/mol. The van der Waals surface area contributed by atoms with Gasteiger partial charge in [-0.3, -0.25) is 9.79 Å². The highest BCUT2D eigenvalue weighted by Gasteiger charge is 2.07. The zero-order valence-electron chi connectivity index (χ0n) is 18.0. The standard InChI is InChI=1S/C22H29FN4O3.HI/c1-16(30-20-9-5-8-19(14-20)29-3)15-27-22(24-2)26-11-10-25-21(28)13-17-6-4-7-18(23)12-17;/h4-9,12,14,16H,10-11,13,15H2,1-3H3,(H,25,28)(H2,24,26,27);1H. The number of aliphatic imine (C=N–C) groups is 1. The van der Waals surface area contributed by atoms with Crippen LogP contribution in [0.2, 0.25) is 0 Å². The molecule has 0 aliphatic heterocycles. The van der Waals surface area contributed by atoms with Crippen molar-refractivity contribution in [1.29, 1.82) is 0 Å². The molecular weight excluding hydrogens is 514 g/mol. The van der Waals surface area contributed by atoms with E-state index in [2.05, 4.69) is 20.9 Å². The van der Waals surface area contributed by atoms with Gasteiger partial charge in [0.2, 0.25) is 5.91 Å². The third kappa shape index (κ3) is 10.3. The van der Waals surface area contributed by atoms with E-state index in [0.717, 1.165) is 11.5 Å². The van der Waals surface area contributed by atoms with Crippen molar-refractivity contribution >= 4 is 35.8 Å². The van der Waals surface area contributed by atoms with Crippen LogP contribution in [-0.4, -0.2) is 51.8 Å². The largest absolute Gasteiger partial charge is 0.497 e. The minimum absolute atomic E-state index is 0. The quantitative estimate of drug-likeness (QED) is 0.186. The summed E-state index contributed by atoms with van der Waals surface area (Å²) in [6, 6.07) is 13.5. The zero-order chi connectivity index (χ0) is 21.8. The molecule has 2 aromatic carbocycles. The van der Waals surface area contributed by atoms with Crippen LogP contribution in [0.5, 0.6) is 11.5 Å². The number of halogens is 2. The molecule has 3 N–H and O–H groups in total. The van der Waals surface area contributed by atoms with E-state index in [9.17, 15) is 9.18 Å². The van der Waals surface area contributed by atoms with Gasteiger partial charge in [0.1, 0.15) is 23.4 Å². The highest BCUT2D eigenvalue weighted by molar-refractivity contribution is 14.0. The number of benzene rings is 2. The molecule has 0 aliphatic carbocycles. The maximum absolute atomic E-state index is 13.2. The average Bonchev–Trinajstić information content (AvgIpc) is 2.73. The Hall–Kier alpha value is -2.56. The topological polar surface area (TPSA) is 84.0 Å². The Labute approximate surface area is 199 Å². The summed E-state index contributed by atoms with van der Waals surface area (Å²) in [7, 11) is 3.29. The van der Waals surface area contributed by atoms with Gasteiger partial charge < -0.3 is 25.4 Å². The maximum Gasteiger partial charge on any atom is 0.224 e. The minimum Gasteiger partial charge on any atom is -0.497 e. The van der Waals surface area contributed by atoms with Crippen molar-refractivity contribution < 1.29 is 18.7 Å². The SMILES string of the molecule is CN=C(NCCNC(=O)Cc1cccc(F)c1)NCC(C)Oc1cccc(OC)c1.I. The number of rotatable bonds is 10. The smallest absolute Gasteiger partial charge is 0.224 e. The molecule has 0 aromatic heterocycles. The van der Waals surface area contributed by atoms with Gasteiger partial charge in [-0.05, 0) is 36.8 Å². The van der Waals surface area contributed by atoms with Gasteiger partial charge in [-0.25, -0.2) is 4.39 Å². The summed E-state index contributed by atoms with van der Waals surface area (Å²) in [5.74, 6) is 1.57. The number of carbonyl (C=O) groups is 1. The number of guanidine groups is 1. The van der Waals surface area contributed by atoms with Crippen molar-refractivity contribution in [3.8, 4) is 11.5 Å². The number of hydrogen-bond acceptors (Lipinski definition) is 4. The van der Waals surface area contributed by atoms with Gasteiger partial charge in [0, 0.05) is 26.2 Å². The summed E-state index contributed by atoms with van der Waals surface area (Å²) in [6.45, 7) is 3.42. The van der Waals surface area contributed by atoms with Crippen LogP contribution in [0.15, 0.2) is 53.5 Å². The van der Waals surface area contributed by atoms with E-state index in [0.29, 0.717) is 31.2 Å². The number of carbonyl (C=O) groups excluding carboxylic acids is 1. The Morgan fingerprint density at radius 2 is 1.77 bits per heavy atom. The van der Waals surface area contributed by atoms with E-state index >= 15 is 0 Å². The van der Waals surface area contributed by atoms with Gasteiger partial charge in [-0.1, -0.05) is 18.2 Å². The van der Waals surface area contributed by atoms with Crippen LogP contribution in [0, 0.1) is 5.82 Å². The number of nitrogens with zero attached hydrogens (tertiary/aromatic N) is 1. The molecule has 0 fully saturated rings. The molecule has 1 atom stereocenters. The molecule has 170 valence electrons. The first-order valence-electron chi connectivity index (χ1n) is 9.76. The highest BCUT2D eigenvalue weighted by Crippen LogP contribution is 2.19. The fraction of sp³-hybridized carbons (Fsp3) is 0.364. The molecule has 1 unspecified atom stereocenters. The fourth-order valence-corrected chi connectivity index (χ4v) is 2.69. The molecule has 9 heteroatoms. The zero-order valence-corrected chi connectivity index (χ0v) is 20.3. The van der Waals surface area contributed by atoms with E-state index < -0.39 is 0 Å². The van der Waals surface area contributed by atoms with Gasteiger partial charge in [-0.2, -0.15) is 0 Å². The lowest BCUT2D eigenvalue weighted by Crippen LogP contribution is -2.44. The average molecular weight is 544 g/mol. The number of nitrogens with one attached hydrogen (secondary N) is 3. The summed E-state index contributed by atoms with van der Waals surface area (Å²) in [4.78, 5) is 16.1. The van der Waals surface area contributed by atoms with Gasteiger partial charge in [0.15, 0.2) is 5.96 Å². The second kappa shape index (κ2) is 14.4. The molecule has 7 nitrogen and oxygen atoms in total. The summed E-state index contributed by atoms with van der Waals surface area (Å²) in [5.41, 5.74) is 0.642. The number of amides is 1. The predicted octanol–water partition coefficient (Wildman–Crippen LogP) is 2.74. The lowest BCUT2D eigenvalue weighted by molar-refractivity contribution is -0.120. The number of methoxy groups -OCH3 is 1. The lowest BCUT2D eigenvalue weighted by atomic mass is 10.1. The van der Waals surface area contributed by atoms with Gasteiger partial charge in [-0.15, -0.1) is 24.0 Å². The van der Waals surface area contributed by atoms with Gasteiger partial charge in [0.05, 0.1) is 20.1 Å². The van der Waals surface area contributed by atoms with Crippen LogP contribution in [-0.2, 0) is 11.2 Å². The Kier molecular flexibility index (Phi) is 12.3. The lowest BCUT2D eigenvalue weighted by Gasteiger charge is -2.18. The molecule has 0 heterocycles. The molecule has 0 bridgehead atoms. The van der Waals surface area contributed by atoms with Crippen molar-refractivity contribution in [3.63, 3.8) is 0 Å². The minimum atomic E-state index is -0.346. The first-order chi connectivity index (χ1) is 14.5. The number of ether oxygens (including phenoxy) is 2. The molecule has 31 heavy (non-hydrogen) atoms. The Morgan fingerprint density at radius 3 is 2.48 bits per heavy atom. The normalized spacial score (nSPS) is 11.7. The van der Waals surface area contributed by atoms with Gasteiger partial charge >= 0.3 is 0 Å². The van der Waals surface area contributed by atoms with Crippen molar-refractivity contribution in [2.45, 2.75) is 19.4 Å². The van der Waals surface area contributed by atoms with Gasteiger partial charge in [0.25, 0.3) is 0 Å². The molecule has 0 aliphatic rings. The molecular formula is C22H30FIN4O3. The van der Waals surface area contributed by atoms with Crippen LogP contribution in [0.1, 0.15) is 12.5 Å². The maximum atomic E-state index is 13.2. The number of hydrogen-bond donors (Lipinski definition) is 3. The Balaban J connectivity index is 0.00000480. The van der Waals surface area contributed by atoms with Crippen LogP contribution in [0.25, 0.3) is 0 Å². The van der Waals surface area contributed by atoms with E-state index in [-0.39, 0.29) is 48.2 Å². The fourth-order valence-electron chi connectivity index (χ4n) is 2.69. The van der Waals surface area contributed by atoms with E-state index in [1.165, 1.54) is 12.1 Å². The second-order valence-corrected chi connectivity index (χ2v) is 6.64. The first kappa shape index (κ1) is 26.5. The molecule has 1 amide bonds. The van der Waals surface area contributed by atoms with Crippen molar-refractivity contribution in [1.82, 2.24) is 16.0 Å². The molecule has 0 saturated heterocycles. The summed E-state index contributed by atoms with van der Waals surface area (Å²) < 4.78 is 24.2. The van der Waals surface area contributed by atoms with Crippen LogP contribution in [0.4, 0.5) is 4.39 Å². The predicted molar refractivity (Wildman–Crippen MR) is 131 cm³/mol. The molecule has 0 saturated carbocycles. The van der Waals surface area contributed by atoms with E-state index in [1.54, 1.807) is 26.3 Å². The van der Waals surface area contributed by atoms with Crippen molar-refractivity contribution in [2.24, 2.45) is 4.99 Å². The summed E-state index contributed by atoms with van der Waals surface area (Å²) in [6.07, 6.45) is 0.0470. The van der Waals surface area contributed by atoms with Crippen LogP contribution >= 0.6 is 24.0 Å². The Bertz CT molecular complexity index is 851. The Morgan fingerprint density at radius 1 is 1.06 bits per heavy atom. The van der Waals surface area contributed by atoms with E-state index in [4.69, 9.17) is 9.47 Å². The summed E-state index contributed by atoms with van der Waals surface area (Å²) in [5, 5.41) is 9.10. The molecule has 0 radical (unpaired) electrons. The second-order valence-electron chi connectivity index (χ2n) is 6.64.